The first-order chi connectivity index (χ1) is 21.1. The van der Waals surface area contributed by atoms with Crippen molar-refractivity contribution in [1.82, 2.24) is 15.3 Å². The largest absolute Gasteiger partial charge is 0.490 e. The van der Waals surface area contributed by atoms with Gasteiger partial charge in [0.1, 0.15) is 40.7 Å². The summed E-state index contributed by atoms with van der Waals surface area (Å²) in [7, 11) is 1.29. The van der Waals surface area contributed by atoms with E-state index in [0.29, 0.717) is 44.5 Å². The van der Waals surface area contributed by atoms with Crippen LogP contribution >= 0.6 is 0 Å². The third kappa shape index (κ3) is 7.02. The highest BCUT2D eigenvalue weighted by molar-refractivity contribution is 5.96. The van der Waals surface area contributed by atoms with Crippen LogP contribution in [-0.4, -0.2) is 60.4 Å². The maximum absolute atomic E-state index is 15.2. The van der Waals surface area contributed by atoms with Gasteiger partial charge in [-0.3, -0.25) is 9.78 Å². The number of alkyl carbamates (subject to hydrolysis) is 1. The molecule has 12 heteroatoms. The fourth-order valence-corrected chi connectivity index (χ4v) is 6.14. The molecule has 4 atom stereocenters. The van der Waals surface area contributed by atoms with Crippen LogP contribution in [0.15, 0.2) is 42.7 Å². The molecule has 1 amide bonds. The molecule has 0 radical (unpaired) electrons. The number of nitrogens with two attached hydrogens (primary N) is 1. The lowest BCUT2D eigenvalue weighted by molar-refractivity contribution is 0.0253. The molecule has 1 saturated carbocycles. The summed E-state index contributed by atoms with van der Waals surface area (Å²) in [6.07, 6.45) is 4.73. The molecule has 0 spiro atoms. The monoisotopic (exact) mass is 612 g/mol. The van der Waals surface area contributed by atoms with Crippen molar-refractivity contribution in [2.75, 3.05) is 20.3 Å². The summed E-state index contributed by atoms with van der Waals surface area (Å²) < 4.78 is 60.9. The van der Waals surface area contributed by atoms with E-state index in [4.69, 9.17) is 19.9 Å². The Kier molecular flexibility index (Phi) is 9.80. The van der Waals surface area contributed by atoms with Crippen molar-refractivity contribution in [2.24, 2.45) is 11.7 Å². The Morgan fingerprint density at radius 2 is 1.80 bits per heavy atom. The minimum Gasteiger partial charge on any atom is -0.490 e. The predicted octanol–water partition coefficient (Wildman–Crippen LogP) is 5.11. The number of nitrogens with one attached hydrogen (secondary N) is 1. The molecular formula is C32H35F3N4O5. The van der Waals surface area contributed by atoms with Gasteiger partial charge in [0.05, 0.1) is 25.9 Å². The number of carbonyl (C=O) groups excluding carboxylic acids is 2. The Morgan fingerprint density at radius 1 is 1.07 bits per heavy atom. The van der Waals surface area contributed by atoms with Crippen LogP contribution in [0.5, 0.6) is 5.75 Å². The van der Waals surface area contributed by atoms with E-state index in [1.165, 1.54) is 13.2 Å². The van der Waals surface area contributed by atoms with Gasteiger partial charge in [0.25, 0.3) is 0 Å². The predicted molar refractivity (Wildman–Crippen MR) is 155 cm³/mol. The number of ether oxygens (including phenoxy) is 3. The first kappa shape index (κ1) is 31.4. The van der Waals surface area contributed by atoms with E-state index in [0.717, 1.165) is 23.8 Å². The van der Waals surface area contributed by atoms with Gasteiger partial charge in [-0.05, 0) is 54.0 Å². The summed E-state index contributed by atoms with van der Waals surface area (Å²) in [4.78, 5) is 33.4. The van der Waals surface area contributed by atoms with Crippen molar-refractivity contribution < 1.29 is 37.0 Å². The fourth-order valence-electron chi connectivity index (χ4n) is 6.14. The first-order valence-corrected chi connectivity index (χ1v) is 14.6. The number of hydrogen-bond donors (Lipinski definition) is 2. The van der Waals surface area contributed by atoms with Crippen molar-refractivity contribution in [2.45, 2.75) is 63.1 Å². The van der Waals surface area contributed by atoms with Crippen LogP contribution < -0.4 is 15.8 Å². The summed E-state index contributed by atoms with van der Waals surface area (Å²) >= 11 is 0. The van der Waals surface area contributed by atoms with E-state index in [2.05, 4.69) is 15.3 Å². The number of benzene rings is 1. The van der Waals surface area contributed by atoms with Crippen LogP contribution in [-0.2, 0) is 15.9 Å². The molecule has 44 heavy (non-hydrogen) atoms. The first-order valence-electron chi connectivity index (χ1n) is 14.6. The average molecular weight is 613 g/mol. The van der Waals surface area contributed by atoms with Crippen LogP contribution in [0.4, 0.5) is 18.0 Å². The Balaban J connectivity index is 1.35. The maximum Gasteiger partial charge on any atom is 0.407 e. The molecule has 3 N–H and O–H groups in total. The molecule has 1 aliphatic carbocycles. The highest BCUT2D eigenvalue weighted by atomic mass is 19.1. The van der Waals surface area contributed by atoms with Crippen LogP contribution in [0.25, 0.3) is 11.3 Å². The molecule has 234 valence electrons. The Hall–Kier alpha value is -4.03. The zero-order valence-corrected chi connectivity index (χ0v) is 24.5. The SMILES string of the molecule is COC(=O)N[C@@H]1[C@H](N)C[C@H](c2ccncc2CC(=O)c2ccc(F)c(-c3c(F)cc(OC4CCOCC4)cc3F)n2)C[C@@H]1C. The van der Waals surface area contributed by atoms with Crippen molar-refractivity contribution in [3.63, 3.8) is 0 Å². The molecule has 0 unspecified atom stereocenters. The summed E-state index contributed by atoms with van der Waals surface area (Å²) in [6, 6.07) is 5.37. The topological polar surface area (TPSA) is 126 Å². The van der Waals surface area contributed by atoms with E-state index >= 15 is 8.78 Å². The molecule has 2 aliphatic rings. The number of halogens is 3. The Morgan fingerprint density at radius 3 is 2.48 bits per heavy atom. The number of ketones is 1. The quantitative estimate of drug-likeness (QED) is 0.336. The van der Waals surface area contributed by atoms with Gasteiger partial charge in [0, 0.05) is 55.9 Å². The number of nitrogens with zero attached hydrogens (tertiary/aromatic N) is 2. The van der Waals surface area contributed by atoms with Gasteiger partial charge in [0.15, 0.2) is 5.78 Å². The zero-order chi connectivity index (χ0) is 31.4. The minimum absolute atomic E-state index is 0.0108. The molecule has 3 aromatic rings. The third-order valence-corrected chi connectivity index (χ3v) is 8.34. The number of Topliss-reactive ketones (excluding diaryl/α,β-unsaturated/α-hetero) is 1. The van der Waals surface area contributed by atoms with Crippen molar-refractivity contribution in [1.29, 1.82) is 0 Å². The van der Waals surface area contributed by atoms with Gasteiger partial charge in [-0.25, -0.2) is 22.9 Å². The van der Waals surface area contributed by atoms with Crippen molar-refractivity contribution in [3.05, 3.63) is 77.0 Å². The molecule has 0 bridgehead atoms. The second-order valence-electron chi connectivity index (χ2n) is 11.4. The maximum atomic E-state index is 15.2. The number of aromatic nitrogens is 2. The summed E-state index contributed by atoms with van der Waals surface area (Å²) in [6.45, 7) is 2.98. The van der Waals surface area contributed by atoms with E-state index in [1.807, 2.05) is 13.0 Å². The fraction of sp³-hybridized carbons (Fsp3) is 0.438. The lowest BCUT2D eigenvalue weighted by atomic mass is 9.72. The lowest BCUT2D eigenvalue weighted by Crippen LogP contribution is -2.54. The molecule has 3 heterocycles. The normalized spacial score (nSPS) is 22.3. The molecule has 1 saturated heterocycles. The van der Waals surface area contributed by atoms with Gasteiger partial charge < -0.3 is 25.3 Å². The number of methoxy groups -OCH3 is 1. The van der Waals surface area contributed by atoms with Crippen molar-refractivity contribution >= 4 is 11.9 Å². The van der Waals surface area contributed by atoms with Crippen LogP contribution in [0.2, 0.25) is 0 Å². The average Bonchev–Trinajstić information content (AvgIpc) is 3.00. The van der Waals surface area contributed by atoms with Crippen LogP contribution in [0.1, 0.15) is 60.1 Å². The molecule has 2 aromatic heterocycles. The van der Waals surface area contributed by atoms with E-state index in [1.54, 1.807) is 12.4 Å². The molecule has 9 nitrogen and oxygen atoms in total. The smallest absolute Gasteiger partial charge is 0.407 e. The van der Waals surface area contributed by atoms with Gasteiger partial charge in [-0.1, -0.05) is 6.92 Å². The van der Waals surface area contributed by atoms with Gasteiger partial charge in [0.2, 0.25) is 0 Å². The molecular weight excluding hydrogens is 577 g/mol. The lowest BCUT2D eigenvalue weighted by Gasteiger charge is -2.39. The molecule has 1 aromatic carbocycles. The summed E-state index contributed by atoms with van der Waals surface area (Å²) in [5.74, 6) is -3.56. The molecule has 1 aliphatic heterocycles. The molecule has 2 fully saturated rings. The summed E-state index contributed by atoms with van der Waals surface area (Å²) in [5, 5.41) is 2.80. The second kappa shape index (κ2) is 13.7. The van der Waals surface area contributed by atoms with E-state index in [9.17, 15) is 14.0 Å². The highest BCUT2D eigenvalue weighted by Gasteiger charge is 2.36. The number of amides is 1. The third-order valence-electron chi connectivity index (χ3n) is 8.34. The van der Waals surface area contributed by atoms with E-state index < -0.39 is 40.6 Å². The van der Waals surface area contributed by atoms with Crippen LogP contribution in [0, 0.1) is 23.4 Å². The summed E-state index contributed by atoms with van der Waals surface area (Å²) in [5.41, 5.74) is 6.53. The number of rotatable bonds is 8. The van der Waals surface area contributed by atoms with E-state index in [-0.39, 0.29) is 47.9 Å². The molecule has 5 rings (SSSR count). The van der Waals surface area contributed by atoms with Gasteiger partial charge in [-0.15, -0.1) is 0 Å². The standard InChI is InChI=1S/C32H35F3N4O5/c1-17-11-18(12-26(36)30(17)39-32(41)42-2)22-5-8-37-16-19(22)13-28(40)27-4-3-23(33)31(38-27)29-24(34)14-21(15-25(29)35)44-20-6-9-43-10-7-20/h3-5,8,14-18,20,26,30H,6-7,9-13,36H2,1-2H3,(H,39,41)/t17-,18+,26+,30-/m0/s1. The van der Waals surface area contributed by atoms with Gasteiger partial charge in [-0.2, -0.15) is 0 Å². The number of carbonyl (C=O) groups is 2. The number of hydrogen-bond acceptors (Lipinski definition) is 8. The van der Waals surface area contributed by atoms with Crippen LogP contribution in [0.3, 0.4) is 0 Å². The van der Waals surface area contributed by atoms with Gasteiger partial charge >= 0.3 is 6.09 Å². The Bertz CT molecular complexity index is 1480. The van der Waals surface area contributed by atoms with Crippen molar-refractivity contribution in [3.8, 4) is 17.0 Å². The minimum atomic E-state index is -1.06. The number of pyridine rings is 2. The highest BCUT2D eigenvalue weighted by Crippen LogP contribution is 2.38. The zero-order valence-electron chi connectivity index (χ0n) is 24.5. The Labute approximate surface area is 253 Å². The second-order valence-corrected chi connectivity index (χ2v) is 11.4.